The summed E-state index contributed by atoms with van der Waals surface area (Å²) in [5.74, 6) is 0. The van der Waals surface area contributed by atoms with Crippen LogP contribution in [0.4, 0.5) is 0 Å². The lowest BCUT2D eigenvalue weighted by Gasteiger charge is -2.13. The lowest BCUT2D eigenvalue weighted by atomic mass is 10.2. The van der Waals surface area contributed by atoms with Gasteiger partial charge >= 0.3 is 0 Å². The SMILES string of the molecule is CCOC(OCC)c1cn(-c2cc(Cl)ccc2C)nn1. The Morgan fingerprint density at radius 2 is 1.95 bits per heavy atom. The zero-order valence-corrected chi connectivity index (χ0v) is 12.6. The smallest absolute Gasteiger partial charge is 0.204 e. The van der Waals surface area contributed by atoms with Crippen molar-refractivity contribution in [3.63, 3.8) is 0 Å². The molecule has 1 aromatic heterocycles. The van der Waals surface area contributed by atoms with Gasteiger partial charge in [-0.2, -0.15) is 0 Å². The van der Waals surface area contributed by atoms with Crippen molar-refractivity contribution >= 4 is 11.6 Å². The first-order valence-corrected chi connectivity index (χ1v) is 6.95. The molecule has 5 nitrogen and oxygen atoms in total. The van der Waals surface area contributed by atoms with Gasteiger partial charge in [-0.15, -0.1) is 5.10 Å². The molecule has 0 unspecified atom stereocenters. The van der Waals surface area contributed by atoms with Crippen molar-refractivity contribution in [2.45, 2.75) is 27.1 Å². The highest BCUT2D eigenvalue weighted by Gasteiger charge is 2.16. The molecule has 0 fully saturated rings. The van der Waals surface area contributed by atoms with E-state index in [9.17, 15) is 0 Å². The van der Waals surface area contributed by atoms with Gasteiger partial charge in [0.15, 0.2) is 0 Å². The van der Waals surface area contributed by atoms with Gasteiger partial charge in [0, 0.05) is 18.2 Å². The van der Waals surface area contributed by atoms with Crippen LogP contribution in [0.3, 0.4) is 0 Å². The molecule has 0 N–H and O–H groups in total. The van der Waals surface area contributed by atoms with Crippen molar-refractivity contribution in [2.75, 3.05) is 13.2 Å². The van der Waals surface area contributed by atoms with E-state index in [1.54, 1.807) is 10.9 Å². The van der Waals surface area contributed by atoms with Gasteiger partial charge in [-0.1, -0.05) is 22.9 Å². The summed E-state index contributed by atoms with van der Waals surface area (Å²) in [5.41, 5.74) is 2.60. The van der Waals surface area contributed by atoms with Crippen molar-refractivity contribution < 1.29 is 9.47 Å². The van der Waals surface area contributed by atoms with E-state index >= 15 is 0 Å². The van der Waals surface area contributed by atoms with E-state index in [2.05, 4.69) is 10.3 Å². The second kappa shape index (κ2) is 6.83. The molecule has 0 saturated carbocycles. The monoisotopic (exact) mass is 295 g/mol. The third-order valence-electron chi connectivity index (χ3n) is 2.81. The Kier molecular flexibility index (Phi) is 5.11. The van der Waals surface area contributed by atoms with E-state index in [0.29, 0.717) is 23.9 Å². The molecule has 0 aliphatic heterocycles. The molecular weight excluding hydrogens is 278 g/mol. The highest BCUT2D eigenvalue weighted by Crippen LogP contribution is 2.21. The highest BCUT2D eigenvalue weighted by atomic mass is 35.5. The zero-order chi connectivity index (χ0) is 14.5. The molecule has 0 radical (unpaired) electrons. The zero-order valence-electron chi connectivity index (χ0n) is 11.8. The van der Waals surface area contributed by atoms with E-state index in [0.717, 1.165) is 11.3 Å². The third kappa shape index (κ3) is 3.36. The predicted molar refractivity (Wildman–Crippen MR) is 77.1 cm³/mol. The molecule has 108 valence electrons. The molecule has 0 atom stereocenters. The molecule has 6 heteroatoms. The fraction of sp³-hybridized carbons (Fsp3) is 0.429. The summed E-state index contributed by atoms with van der Waals surface area (Å²) in [6.45, 7) is 6.92. The second-order valence-electron chi connectivity index (χ2n) is 4.26. The normalized spacial score (nSPS) is 11.2. The Bertz CT molecular complexity index is 565. The molecule has 0 saturated heterocycles. The molecule has 0 aliphatic rings. The molecule has 20 heavy (non-hydrogen) atoms. The summed E-state index contributed by atoms with van der Waals surface area (Å²) in [4.78, 5) is 0. The Hall–Kier alpha value is -1.43. The molecule has 0 aliphatic carbocycles. The van der Waals surface area contributed by atoms with Gasteiger partial charge in [-0.05, 0) is 38.5 Å². The summed E-state index contributed by atoms with van der Waals surface area (Å²) in [7, 11) is 0. The number of halogens is 1. The van der Waals surface area contributed by atoms with E-state index in [1.807, 2.05) is 39.0 Å². The van der Waals surface area contributed by atoms with Gasteiger partial charge < -0.3 is 9.47 Å². The molecular formula is C14H18ClN3O2. The van der Waals surface area contributed by atoms with E-state index in [-0.39, 0.29) is 0 Å². The minimum atomic E-state index is -0.488. The first kappa shape index (κ1) is 15.0. The Balaban J connectivity index is 2.29. The number of aromatic nitrogens is 3. The molecule has 0 amide bonds. The molecule has 2 aromatic rings. The number of ether oxygens (including phenoxy) is 2. The molecule has 1 aromatic carbocycles. The van der Waals surface area contributed by atoms with Crippen LogP contribution in [-0.4, -0.2) is 28.2 Å². The minimum absolute atomic E-state index is 0.488. The van der Waals surface area contributed by atoms with Crippen LogP contribution in [-0.2, 0) is 9.47 Å². The number of rotatable bonds is 6. The van der Waals surface area contributed by atoms with E-state index in [4.69, 9.17) is 21.1 Å². The first-order chi connectivity index (χ1) is 9.65. The second-order valence-corrected chi connectivity index (χ2v) is 4.70. The topological polar surface area (TPSA) is 49.2 Å². The van der Waals surface area contributed by atoms with Gasteiger partial charge in [0.2, 0.25) is 6.29 Å². The average molecular weight is 296 g/mol. The van der Waals surface area contributed by atoms with Crippen LogP contribution in [0.2, 0.25) is 5.02 Å². The number of hydrogen-bond donors (Lipinski definition) is 0. The van der Waals surface area contributed by atoms with Crippen LogP contribution in [0.5, 0.6) is 0 Å². The van der Waals surface area contributed by atoms with E-state index in [1.165, 1.54) is 0 Å². The van der Waals surface area contributed by atoms with Gasteiger partial charge in [-0.25, -0.2) is 4.68 Å². The number of nitrogens with zero attached hydrogens (tertiary/aromatic N) is 3. The number of benzene rings is 1. The maximum atomic E-state index is 6.02. The average Bonchev–Trinajstić information content (AvgIpc) is 2.91. The van der Waals surface area contributed by atoms with Crippen LogP contribution < -0.4 is 0 Å². The quantitative estimate of drug-likeness (QED) is 0.767. The Morgan fingerprint density at radius 1 is 1.25 bits per heavy atom. The Morgan fingerprint density at radius 3 is 2.60 bits per heavy atom. The minimum Gasteiger partial charge on any atom is -0.347 e. The largest absolute Gasteiger partial charge is 0.347 e. The van der Waals surface area contributed by atoms with Gasteiger partial charge in [0.1, 0.15) is 5.69 Å². The predicted octanol–water partition coefficient (Wildman–Crippen LogP) is 3.30. The lowest BCUT2D eigenvalue weighted by molar-refractivity contribution is -0.142. The van der Waals surface area contributed by atoms with Crippen molar-refractivity contribution in [2.24, 2.45) is 0 Å². The summed E-state index contributed by atoms with van der Waals surface area (Å²) >= 11 is 6.02. The highest BCUT2D eigenvalue weighted by molar-refractivity contribution is 6.30. The maximum Gasteiger partial charge on any atom is 0.204 e. The van der Waals surface area contributed by atoms with Crippen molar-refractivity contribution in [3.05, 3.63) is 40.7 Å². The number of aryl methyl sites for hydroxylation is 1. The molecule has 0 bridgehead atoms. The van der Waals surface area contributed by atoms with Gasteiger partial charge in [-0.3, -0.25) is 0 Å². The van der Waals surface area contributed by atoms with Crippen molar-refractivity contribution in [1.82, 2.24) is 15.0 Å². The summed E-state index contributed by atoms with van der Waals surface area (Å²) in [6.07, 6.45) is 1.31. The standard InChI is InChI=1S/C14H18ClN3O2/c1-4-19-14(20-5-2)12-9-18(17-16-12)13-8-11(15)7-6-10(13)3/h6-9,14H,4-5H2,1-3H3. The van der Waals surface area contributed by atoms with Crippen molar-refractivity contribution in [3.8, 4) is 5.69 Å². The van der Waals surface area contributed by atoms with Crippen LogP contribution in [0, 0.1) is 6.92 Å². The number of hydrogen-bond acceptors (Lipinski definition) is 4. The molecule has 2 rings (SSSR count). The van der Waals surface area contributed by atoms with Crippen molar-refractivity contribution in [1.29, 1.82) is 0 Å². The van der Waals surface area contributed by atoms with Crippen LogP contribution in [0.15, 0.2) is 24.4 Å². The fourth-order valence-electron chi connectivity index (χ4n) is 1.85. The summed E-state index contributed by atoms with van der Waals surface area (Å²) < 4.78 is 12.7. The maximum absolute atomic E-state index is 6.02. The Labute approximate surface area is 123 Å². The van der Waals surface area contributed by atoms with Gasteiger partial charge in [0.25, 0.3) is 0 Å². The summed E-state index contributed by atoms with van der Waals surface area (Å²) in [5, 5.41) is 8.90. The third-order valence-corrected chi connectivity index (χ3v) is 3.04. The van der Waals surface area contributed by atoms with Crippen LogP contribution in [0.25, 0.3) is 5.69 Å². The lowest BCUT2D eigenvalue weighted by Crippen LogP contribution is -2.09. The molecule has 0 spiro atoms. The molecule has 1 heterocycles. The fourth-order valence-corrected chi connectivity index (χ4v) is 2.02. The van der Waals surface area contributed by atoms with Gasteiger partial charge in [0.05, 0.1) is 11.9 Å². The first-order valence-electron chi connectivity index (χ1n) is 6.57. The summed E-state index contributed by atoms with van der Waals surface area (Å²) in [6, 6.07) is 5.65. The van der Waals surface area contributed by atoms with E-state index < -0.39 is 6.29 Å². The van der Waals surface area contributed by atoms with Crippen LogP contribution >= 0.6 is 11.6 Å². The van der Waals surface area contributed by atoms with Crippen LogP contribution in [0.1, 0.15) is 31.4 Å².